The quantitative estimate of drug-likeness (QED) is 0.839. The third-order valence-corrected chi connectivity index (χ3v) is 3.89. The van der Waals surface area contributed by atoms with E-state index in [1.807, 2.05) is 0 Å². The molecule has 6 heteroatoms. The van der Waals surface area contributed by atoms with E-state index in [1.165, 1.54) is 12.1 Å². The molecule has 0 aliphatic rings. The van der Waals surface area contributed by atoms with E-state index in [9.17, 15) is 8.42 Å². The number of hydrogen-bond acceptors (Lipinski definition) is 4. The summed E-state index contributed by atoms with van der Waals surface area (Å²) in [6.07, 6.45) is 0. The summed E-state index contributed by atoms with van der Waals surface area (Å²) in [5.41, 5.74) is 6.44. The standard InChI is InChI=1S/C13H14N2O3S/c1-18-12-7-5-11(6-8-12)15-19(16,17)13-4-2-3-10(14)9-13/h2-9,15H,14H2,1H3. The fourth-order valence-electron chi connectivity index (χ4n) is 1.55. The highest BCUT2D eigenvalue weighted by Crippen LogP contribution is 2.20. The monoisotopic (exact) mass is 278 g/mol. The van der Waals surface area contributed by atoms with Crippen molar-refractivity contribution in [2.24, 2.45) is 0 Å². The predicted octanol–water partition coefficient (Wildman–Crippen LogP) is 2.08. The highest BCUT2D eigenvalue weighted by Gasteiger charge is 2.14. The summed E-state index contributed by atoms with van der Waals surface area (Å²) >= 11 is 0. The average Bonchev–Trinajstić information content (AvgIpc) is 2.39. The van der Waals surface area contributed by atoms with E-state index < -0.39 is 10.0 Å². The number of ether oxygens (including phenoxy) is 1. The zero-order chi connectivity index (χ0) is 13.9. The minimum Gasteiger partial charge on any atom is -0.497 e. The molecule has 0 saturated carbocycles. The van der Waals surface area contributed by atoms with Crippen LogP contribution in [0.3, 0.4) is 0 Å². The first-order valence-electron chi connectivity index (χ1n) is 5.54. The molecule has 0 atom stereocenters. The molecule has 0 aliphatic carbocycles. The second-order valence-corrected chi connectivity index (χ2v) is 5.59. The SMILES string of the molecule is COc1ccc(NS(=O)(=O)c2cccc(N)c2)cc1. The van der Waals surface area contributed by atoms with Crippen molar-refractivity contribution >= 4 is 21.4 Å². The summed E-state index contributed by atoms with van der Waals surface area (Å²) in [6, 6.07) is 12.7. The Kier molecular flexibility index (Phi) is 3.62. The van der Waals surface area contributed by atoms with Gasteiger partial charge >= 0.3 is 0 Å². The molecule has 0 heterocycles. The second-order valence-electron chi connectivity index (χ2n) is 3.91. The molecule has 0 spiro atoms. The smallest absolute Gasteiger partial charge is 0.261 e. The number of hydrogen-bond donors (Lipinski definition) is 2. The Morgan fingerprint density at radius 3 is 2.37 bits per heavy atom. The number of sulfonamides is 1. The van der Waals surface area contributed by atoms with Crippen molar-refractivity contribution < 1.29 is 13.2 Å². The Morgan fingerprint density at radius 1 is 1.11 bits per heavy atom. The fraction of sp³-hybridized carbons (Fsp3) is 0.0769. The lowest BCUT2D eigenvalue weighted by atomic mass is 10.3. The molecule has 0 saturated heterocycles. The van der Waals surface area contributed by atoms with Crippen LogP contribution < -0.4 is 15.2 Å². The van der Waals surface area contributed by atoms with Gasteiger partial charge < -0.3 is 10.5 Å². The van der Waals surface area contributed by atoms with Crippen LogP contribution in [-0.2, 0) is 10.0 Å². The molecule has 100 valence electrons. The number of nitrogens with one attached hydrogen (secondary N) is 1. The second kappa shape index (κ2) is 5.19. The van der Waals surface area contributed by atoms with Crippen molar-refractivity contribution in [3.05, 3.63) is 48.5 Å². The first-order chi connectivity index (χ1) is 9.01. The number of anilines is 2. The molecule has 0 aliphatic heterocycles. The summed E-state index contributed by atoms with van der Waals surface area (Å²) in [6.45, 7) is 0. The summed E-state index contributed by atoms with van der Waals surface area (Å²) in [5.74, 6) is 0.659. The molecule has 3 N–H and O–H groups in total. The highest BCUT2D eigenvalue weighted by molar-refractivity contribution is 7.92. The van der Waals surface area contributed by atoms with Crippen LogP contribution in [0.1, 0.15) is 0 Å². The summed E-state index contributed by atoms with van der Waals surface area (Å²) in [4.78, 5) is 0.128. The van der Waals surface area contributed by atoms with E-state index in [-0.39, 0.29) is 4.90 Å². The van der Waals surface area contributed by atoms with Gasteiger partial charge in [-0.25, -0.2) is 8.42 Å². The van der Waals surface area contributed by atoms with Crippen LogP contribution in [0, 0.1) is 0 Å². The van der Waals surface area contributed by atoms with Gasteiger partial charge in [0, 0.05) is 11.4 Å². The van der Waals surface area contributed by atoms with Gasteiger partial charge in [-0.2, -0.15) is 0 Å². The van der Waals surface area contributed by atoms with Gasteiger partial charge in [0.1, 0.15) is 5.75 Å². The molecule has 2 aromatic carbocycles. The molecule has 19 heavy (non-hydrogen) atoms. The van der Waals surface area contributed by atoms with Crippen molar-refractivity contribution in [3.8, 4) is 5.75 Å². The molecule has 2 rings (SSSR count). The Balaban J connectivity index is 2.25. The number of rotatable bonds is 4. The largest absolute Gasteiger partial charge is 0.497 e. The maximum absolute atomic E-state index is 12.1. The van der Waals surface area contributed by atoms with Gasteiger partial charge in [-0.1, -0.05) is 6.07 Å². The Bertz CT molecular complexity index is 667. The van der Waals surface area contributed by atoms with Gasteiger partial charge in [0.2, 0.25) is 0 Å². The zero-order valence-electron chi connectivity index (χ0n) is 10.3. The number of nitrogen functional groups attached to an aromatic ring is 1. The van der Waals surface area contributed by atoms with Crippen LogP contribution in [0.15, 0.2) is 53.4 Å². The van der Waals surface area contributed by atoms with Gasteiger partial charge in [-0.15, -0.1) is 0 Å². The minimum absolute atomic E-state index is 0.128. The van der Waals surface area contributed by atoms with Crippen molar-refractivity contribution in [2.45, 2.75) is 4.90 Å². The van der Waals surface area contributed by atoms with E-state index >= 15 is 0 Å². The van der Waals surface area contributed by atoms with Gasteiger partial charge in [-0.05, 0) is 42.5 Å². The molecule has 0 fully saturated rings. The van der Waals surface area contributed by atoms with Gasteiger partial charge in [0.05, 0.1) is 12.0 Å². The molecule has 0 amide bonds. The van der Waals surface area contributed by atoms with Crippen molar-refractivity contribution in [2.75, 3.05) is 17.6 Å². The van der Waals surface area contributed by atoms with Crippen LogP contribution in [-0.4, -0.2) is 15.5 Å². The lowest BCUT2D eigenvalue weighted by molar-refractivity contribution is 0.415. The van der Waals surface area contributed by atoms with Gasteiger partial charge in [0.25, 0.3) is 10.0 Å². The molecule has 0 unspecified atom stereocenters. The van der Waals surface area contributed by atoms with Crippen LogP contribution in [0.4, 0.5) is 11.4 Å². The summed E-state index contributed by atoms with van der Waals surface area (Å²) in [7, 11) is -2.08. The minimum atomic E-state index is -3.63. The van der Waals surface area contributed by atoms with E-state index in [2.05, 4.69) is 4.72 Å². The van der Waals surface area contributed by atoms with Gasteiger partial charge in [0.15, 0.2) is 0 Å². The number of benzene rings is 2. The summed E-state index contributed by atoms with van der Waals surface area (Å²) in [5, 5.41) is 0. The van der Waals surface area contributed by atoms with Gasteiger partial charge in [-0.3, -0.25) is 4.72 Å². The first-order valence-corrected chi connectivity index (χ1v) is 7.02. The molecule has 0 bridgehead atoms. The fourth-order valence-corrected chi connectivity index (χ4v) is 2.67. The number of nitrogens with two attached hydrogens (primary N) is 1. The van der Waals surface area contributed by atoms with Crippen LogP contribution in [0.2, 0.25) is 0 Å². The maximum atomic E-state index is 12.1. The predicted molar refractivity (Wildman–Crippen MR) is 74.7 cm³/mol. The molecular formula is C13H14N2O3S. The van der Waals surface area contributed by atoms with E-state index in [1.54, 1.807) is 43.5 Å². The molecule has 0 radical (unpaired) electrons. The molecule has 5 nitrogen and oxygen atoms in total. The van der Waals surface area contributed by atoms with Crippen molar-refractivity contribution in [1.82, 2.24) is 0 Å². The topological polar surface area (TPSA) is 81.4 Å². The maximum Gasteiger partial charge on any atom is 0.261 e. The molecule has 0 aromatic heterocycles. The van der Waals surface area contributed by atoms with E-state index in [0.29, 0.717) is 17.1 Å². The average molecular weight is 278 g/mol. The Morgan fingerprint density at radius 2 is 1.79 bits per heavy atom. The zero-order valence-corrected chi connectivity index (χ0v) is 11.1. The van der Waals surface area contributed by atoms with Crippen molar-refractivity contribution in [3.63, 3.8) is 0 Å². The molecule has 2 aromatic rings. The van der Waals surface area contributed by atoms with Crippen LogP contribution in [0.5, 0.6) is 5.75 Å². The van der Waals surface area contributed by atoms with E-state index in [4.69, 9.17) is 10.5 Å². The third-order valence-electron chi connectivity index (χ3n) is 2.51. The molecular weight excluding hydrogens is 264 g/mol. The van der Waals surface area contributed by atoms with Crippen molar-refractivity contribution in [1.29, 1.82) is 0 Å². The van der Waals surface area contributed by atoms with E-state index in [0.717, 1.165) is 0 Å². The number of methoxy groups -OCH3 is 1. The summed E-state index contributed by atoms with van der Waals surface area (Å²) < 4.78 is 31.7. The Hall–Kier alpha value is -2.21. The Labute approximate surface area is 112 Å². The lowest BCUT2D eigenvalue weighted by Gasteiger charge is -2.09. The third kappa shape index (κ3) is 3.17. The highest BCUT2D eigenvalue weighted by atomic mass is 32.2. The lowest BCUT2D eigenvalue weighted by Crippen LogP contribution is -2.13. The normalized spacial score (nSPS) is 11.0. The van der Waals surface area contributed by atoms with Crippen LogP contribution in [0.25, 0.3) is 0 Å². The van der Waals surface area contributed by atoms with Crippen LogP contribution >= 0.6 is 0 Å². The first kappa shape index (κ1) is 13.2.